The van der Waals surface area contributed by atoms with Crippen LogP contribution in [0.25, 0.3) is 0 Å². The molecule has 3 rings (SSSR count). The fourth-order valence-corrected chi connectivity index (χ4v) is 4.32. The Bertz CT molecular complexity index is 288. The molecule has 0 aromatic rings. The van der Waals surface area contributed by atoms with Gasteiger partial charge in [-0.3, -0.25) is 9.80 Å². The van der Waals surface area contributed by atoms with Gasteiger partial charge in [0, 0.05) is 32.2 Å². The molecule has 19 heavy (non-hydrogen) atoms. The second-order valence-corrected chi connectivity index (χ2v) is 7.03. The minimum Gasteiger partial charge on any atom is -0.374 e. The van der Waals surface area contributed by atoms with Crippen molar-refractivity contribution in [1.82, 2.24) is 9.80 Å². The van der Waals surface area contributed by atoms with Gasteiger partial charge in [-0.25, -0.2) is 0 Å². The van der Waals surface area contributed by atoms with E-state index >= 15 is 0 Å². The van der Waals surface area contributed by atoms with E-state index in [2.05, 4.69) is 23.6 Å². The van der Waals surface area contributed by atoms with Crippen LogP contribution in [-0.4, -0.2) is 60.8 Å². The van der Waals surface area contributed by atoms with Crippen LogP contribution < -0.4 is 0 Å². The molecule has 2 saturated heterocycles. The number of nitrogens with zero attached hydrogens (tertiary/aromatic N) is 2. The maximum Gasteiger partial charge on any atom is 0.0870 e. The molecule has 0 aromatic carbocycles. The van der Waals surface area contributed by atoms with Crippen LogP contribution in [0, 0.1) is 5.92 Å². The van der Waals surface area contributed by atoms with Crippen molar-refractivity contribution in [2.45, 2.75) is 64.1 Å². The van der Waals surface area contributed by atoms with E-state index in [4.69, 9.17) is 4.74 Å². The second kappa shape index (κ2) is 6.11. The Balaban J connectivity index is 1.55. The number of rotatable bonds is 3. The minimum atomic E-state index is 0.472. The smallest absolute Gasteiger partial charge is 0.0870 e. The lowest BCUT2D eigenvalue weighted by Gasteiger charge is -2.39. The van der Waals surface area contributed by atoms with E-state index in [1.165, 1.54) is 51.7 Å². The largest absolute Gasteiger partial charge is 0.374 e. The molecule has 110 valence electrons. The highest BCUT2D eigenvalue weighted by Crippen LogP contribution is 2.29. The van der Waals surface area contributed by atoms with E-state index in [1.807, 2.05) is 0 Å². The Morgan fingerprint density at radius 2 is 1.89 bits per heavy atom. The van der Waals surface area contributed by atoms with Gasteiger partial charge in [-0.2, -0.15) is 0 Å². The van der Waals surface area contributed by atoms with Gasteiger partial charge in [-0.05, 0) is 32.6 Å². The first-order valence-electron chi connectivity index (χ1n) is 8.33. The molecule has 0 aromatic heterocycles. The van der Waals surface area contributed by atoms with E-state index in [0.29, 0.717) is 18.2 Å². The summed E-state index contributed by atoms with van der Waals surface area (Å²) in [5, 5.41) is 0. The summed E-state index contributed by atoms with van der Waals surface area (Å²) in [5.74, 6) is 0.960. The number of hydrogen-bond donors (Lipinski definition) is 0. The zero-order valence-corrected chi connectivity index (χ0v) is 12.7. The highest BCUT2D eigenvalue weighted by Gasteiger charge is 2.41. The van der Waals surface area contributed by atoms with Crippen LogP contribution in [0.5, 0.6) is 0 Å². The number of fused-ring (bicyclic) bond motifs is 1. The topological polar surface area (TPSA) is 15.7 Å². The van der Waals surface area contributed by atoms with E-state index in [0.717, 1.165) is 19.1 Å². The van der Waals surface area contributed by atoms with Crippen LogP contribution in [0.4, 0.5) is 0 Å². The zero-order chi connectivity index (χ0) is 13.2. The van der Waals surface area contributed by atoms with Crippen molar-refractivity contribution >= 4 is 0 Å². The lowest BCUT2D eigenvalue weighted by molar-refractivity contribution is -0.0583. The maximum atomic E-state index is 6.02. The molecular weight excluding hydrogens is 236 g/mol. The van der Waals surface area contributed by atoms with Gasteiger partial charge < -0.3 is 4.74 Å². The summed E-state index contributed by atoms with van der Waals surface area (Å²) in [7, 11) is 0. The van der Waals surface area contributed by atoms with Crippen molar-refractivity contribution in [2.75, 3.05) is 32.8 Å². The van der Waals surface area contributed by atoms with Gasteiger partial charge in [0.1, 0.15) is 0 Å². The van der Waals surface area contributed by atoms with E-state index in [9.17, 15) is 0 Å². The highest BCUT2D eigenvalue weighted by molar-refractivity contribution is 4.95. The molecule has 0 spiro atoms. The molecule has 3 aliphatic rings. The summed E-state index contributed by atoms with van der Waals surface area (Å²) < 4.78 is 6.02. The van der Waals surface area contributed by atoms with Gasteiger partial charge in [0.05, 0.1) is 18.8 Å². The van der Waals surface area contributed by atoms with Crippen LogP contribution in [0.1, 0.15) is 46.0 Å². The van der Waals surface area contributed by atoms with Gasteiger partial charge in [0.15, 0.2) is 0 Å². The molecule has 0 bridgehead atoms. The van der Waals surface area contributed by atoms with Crippen molar-refractivity contribution in [2.24, 2.45) is 5.92 Å². The third-order valence-electron chi connectivity index (χ3n) is 5.32. The predicted octanol–water partition coefficient (Wildman–Crippen LogP) is 2.36. The number of ether oxygens (including phenoxy) is 1. The third-order valence-corrected chi connectivity index (χ3v) is 5.32. The number of hydrogen-bond acceptors (Lipinski definition) is 3. The molecule has 2 heterocycles. The fourth-order valence-electron chi connectivity index (χ4n) is 4.32. The van der Waals surface area contributed by atoms with Crippen molar-refractivity contribution in [3.05, 3.63) is 0 Å². The van der Waals surface area contributed by atoms with E-state index in [-0.39, 0.29) is 0 Å². The average Bonchev–Trinajstić information content (AvgIpc) is 2.81. The molecule has 3 heteroatoms. The molecule has 1 aliphatic carbocycles. The lowest BCUT2D eigenvalue weighted by Crippen LogP contribution is -2.53. The van der Waals surface area contributed by atoms with Crippen LogP contribution in [-0.2, 0) is 4.74 Å². The summed E-state index contributed by atoms with van der Waals surface area (Å²) >= 11 is 0. The molecule has 2 atom stereocenters. The van der Waals surface area contributed by atoms with Gasteiger partial charge >= 0.3 is 0 Å². The summed E-state index contributed by atoms with van der Waals surface area (Å²) in [6, 6.07) is 1.31. The Hall–Kier alpha value is -0.120. The van der Waals surface area contributed by atoms with Gasteiger partial charge in [0.25, 0.3) is 0 Å². The van der Waals surface area contributed by atoms with Gasteiger partial charge in [0.2, 0.25) is 0 Å². The second-order valence-electron chi connectivity index (χ2n) is 7.03. The van der Waals surface area contributed by atoms with Crippen molar-refractivity contribution in [1.29, 1.82) is 0 Å². The lowest BCUT2D eigenvalue weighted by atomic mass is 9.89. The predicted molar refractivity (Wildman–Crippen MR) is 78.4 cm³/mol. The minimum absolute atomic E-state index is 0.472. The van der Waals surface area contributed by atoms with Crippen LogP contribution in [0.3, 0.4) is 0 Å². The quantitative estimate of drug-likeness (QED) is 0.780. The zero-order valence-electron chi connectivity index (χ0n) is 12.7. The SMILES string of the molecule is CC(C)N1CCO[C@H]2CN(CC3CCCCC3)C[C@H]21. The molecule has 2 aliphatic heterocycles. The first kappa shape index (κ1) is 13.8. The van der Waals surface area contributed by atoms with Crippen LogP contribution >= 0.6 is 0 Å². The Morgan fingerprint density at radius 3 is 2.63 bits per heavy atom. The van der Waals surface area contributed by atoms with E-state index < -0.39 is 0 Å². The first-order chi connectivity index (χ1) is 9.24. The molecule has 0 unspecified atom stereocenters. The summed E-state index contributed by atoms with van der Waals surface area (Å²) in [6.45, 7) is 10.4. The summed E-state index contributed by atoms with van der Waals surface area (Å²) in [5.41, 5.74) is 0. The molecule has 0 radical (unpaired) electrons. The first-order valence-corrected chi connectivity index (χ1v) is 8.33. The van der Waals surface area contributed by atoms with Crippen molar-refractivity contribution in [3.63, 3.8) is 0 Å². The number of morpholine rings is 1. The molecule has 3 fully saturated rings. The van der Waals surface area contributed by atoms with Gasteiger partial charge in [-0.15, -0.1) is 0 Å². The standard InChI is InChI=1S/C16H30N2O/c1-13(2)18-8-9-19-16-12-17(11-15(16)18)10-14-6-4-3-5-7-14/h13-16H,3-12H2,1-2H3/t15-,16+/m1/s1. The molecule has 1 saturated carbocycles. The number of likely N-dealkylation sites (tertiary alicyclic amines) is 1. The van der Waals surface area contributed by atoms with Crippen molar-refractivity contribution < 1.29 is 4.74 Å². The monoisotopic (exact) mass is 266 g/mol. The fraction of sp³-hybridized carbons (Fsp3) is 1.00. The average molecular weight is 266 g/mol. The maximum absolute atomic E-state index is 6.02. The Labute approximate surface area is 118 Å². The Morgan fingerprint density at radius 1 is 1.11 bits per heavy atom. The summed E-state index contributed by atoms with van der Waals surface area (Å²) in [4.78, 5) is 5.35. The third kappa shape index (κ3) is 3.14. The molecule has 0 N–H and O–H groups in total. The van der Waals surface area contributed by atoms with E-state index in [1.54, 1.807) is 0 Å². The summed E-state index contributed by atoms with van der Waals surface area (Å²) in [6.07, 6.45) is 7.77. The van der Waals surface area contributed by atoms with Crippen LogP contribution in [0.2, 0.25) is 0 Å². The van der Waals surface area contributed by atoms with Crippen molar-refractivity contribution in [3.8, 4) is 0 Å². The molecule has 3 nitrogen and oxygen atoms in total. The normalized spacial score (nSPS) is 34.9. The van der Waals surface area contributed by atoms with Crippen LogP contribution in [0.15, 0.2) is 0 Å². The highest BCUT2D eigenvalue weighted by atomic mass is 16.5. The molecule has 0 amide bonds. The van der Waals surface area contributed by atoms with Gasteiger partial charge in [-0.1, -0.05) is 19.3 Å². The molecular formula is C16H30N2O. The Kier molecular flexibility index (Phi) is 4.45.